The van der Waals surface area contributed by atoms with E-state index in [0.29, 0.717) is 10.9 Å². The Kier molecular flexibility index (Phi) is 4.88. The predicted octanol–water partition coefficient (Wildman–Crippen LogP) is 0.143. The molecule has 0 radical (unpaired) electrons. The zero-order valence-electron chi connectivity index (χ0n) is 10.8. The first-order valence-corrected chi connectivity index (χ1v) is 8.73. The Morgan fingerprint density at radius 3 is 2.00 bits per heavy atom. The molecule has 1 rings (SSSR count). The Bertz CT molecular complexity index is 492. The van der Waals surface area contributed by atoms with E-state index < -0.39 is 18.8 Å². The summed E-state index contributed by atoms with van der Waals surface area (Å²) in [6, 6.07) is 6.84. The summed E-state index contributed by atoms with van der Waals surface area (Å²) in [6.45, 7) is 0. The van der Waals surface area contributed by atoms with Crippen LogP contribution in [0.2, 0.25) is 0 Å². The van der Waals surface area contributed by atoms with Crippen LogP contribution in [-0.4, -0.2) is 44.8 Å². The molecule has 0 aliphatic carbocycles. The van der Waals surface area contributed by atoms with Gasteiger partial charge in [0.15, 0.2) is 0 Å². The lowest BCUT2D eigenvalue weighted by atomic mass is 10.3. The first kappa shape index (κ1) is 15.1. The Hall–Kier alpha value is -0.933. The second kappa shape index (κ2) is 5.80. The number of benzene rings is 1. The molecular weight excluding hydrogens is 274 g/mol. The molecule has 0 fully saturated rings. The van der Waals surface area contributed by atoms with E-state index in [1.165, 1.54) is 21.3 Å². The number of para-hydroxylation sites is 1. The largest absolute Gasteiger partial charge is 0.538 e. The third-order valence-corrected chi connectivity index (χ3v) is 5.66. The van der Waals surface area contributed by atoms with Crippen molar-refractivity contribution in [1.29, 1.82) is 0 Å². The van der Waals surface area contributed by atoms with Crippen LogP contribution in [-0.2, 0) is 23.3 Å². The highest BCUT2D eigenvalue weighted by molar-refractivity contribution is 7.92. The molecule has 1 aromatic rings. The fraction of sp³-hybridized carbons (Fsp3) is 0.400. The Morgan fingerprint density at radius 1 is 1.06 bits per heavy atom. The lowest BCUT2D eigenvalue weighted by Gasteiger charge is -2.26. The summed E-state index contributed by atoms with van der Waals surface area (Å²) in [5, 5.41) is 0.572. The minimum atomic E-state index is -3.38. The van der Waals surface area contributed by atoms with Gasteiger partial charge in [0.25, 0.3) is 0 Å². The maximum atomic E-state index is 11.3. The highest BCUT2D eigenvalue weighted by atomic mass is 32.2. The lowest BCUT2D eigenvalue weighted by molar-refractivity contribution is 0.140. The van der Waals surface area contributed by atoms with Gasteiger partial charge in [-0.15, -0.1) is 0 Å². The fourth-order valence-electron chi connectivity index (χ4n) is 1.62. The summed E-state index contributed by atoms with van der Waals surface area (Å²) in [5.41, 5.74) is 0.400. The predicted molar refractivity (Wildman–Crippen MR) is 71.3 cm³/mol. The van der Waals surface area contributed by atoms with E-state index in [1.807, 2.05) is 0 Å². The van der Waals surface area contributed by atoms with Crippen LogP contribution in [0.25, 0.3) is 0 Å². The van der Waals surface area contributed by atoms with E-state index in [2.05, 4.69) is 4.72 Å². The van der Waals surface area contributed by atoms with Crippen molar-refractivity contribution >= 4 is 29.7 Å². The topological polar surface area (TPSA) is 73.9 Å². The van der Waals surface area contributed by atoms with Gasteiger partial charge in [0.1, 0.15) is 0 Å². The van der Waals surface area contributed by atoms with Gasteiger partial charge in [-0.3, -0.25) is 4.72 Å². The molecule has 0 aliphatic rings. The molecule has 0 spiro atoms. The van der Waals surface area contributed by atoms with Crippen LogP contribution in [0.15, 0.2) is 24.3 Å². The summed E-state index contributed by atoms with van der Waals surface area (Å²) in [6.07, 6.45) is 1.08. The Labute approximate surface area is 108 Å². The van der Waals surface area contributed by atoms with Gasteiger partial charge in [-0.1, -0.05) is 18.2 Å². The van der Waals surface area contributed by atoms with E-state index >= 15 is 0 Å². The van der Waals surface area contributed by atoms with Gasteiger partial charge >= 0.3 is 8.80 Å². The highest BCUT2D eigenvalue weighted by Gasteiger charge is 2.43. The summed E-state index contributed by atoms with van der Waals surface area (Å²) in [4.78, 5) is 0. The molecule has 0 aromatic heterocycles. The van der Waals surface area contributed by atoms with Crippen LogP contribution in [0.3, 0.4) is 0 Å². The molecule has 102 valence electrons. The summed E-state index contributed by atoms with van der Waals surface area (Å²) in [5.74, 6) is 0. The molecule has 0 bridgehead atoms. The normalized spacial score (nSPS) is 12.4. The van der Waals surface area contributed by atoms with E-state index in [9.17, 15) is 8.42 Å². The van der Waals surface area contributed by atoms with Crippen LogP contribution in [0.1, 0.15) is 0 Å². The number of hydrogen-bond donors (Lipinski definition) is 1. The van der Waals surface area contributed by atoms with Crippen LogP contribution in [0, 0.1) is 0 Å². The summed E-state index contributed by atoms with van der Waals surface area (Å²) < 4.78 is 41.1. The average Bonchev–Trinajstić information content (AvgIpc) is 2.32. The lowest BCUT2D eigenvalue weighted by Crippen LogP contribution is -2.55. The molecule has 0 amide bonds. The van der Waals surface area contributed by atoms with E-state index in [1.54, 1.807) is 24.3 Å². The molecule has 1 N–H and O–H groups in total. The molecule has 0 unspecified atom stereocenters. The second-order valence-electron chi connectivity index (χ2n) is 3.59. The van der Waals surface area contributed by atoms with Crippen molar-refractivity contribution in [3.05, 3.63) is 24.3 Å². The summed E-state index contributed by atoms with van der Waals surface area (Å²) in [7, 11) is -2.04. The first-order chi connectivity index (χ1) is 8.38. The molecular formula is C10H17NO5SSi. The second-order valence-corrected chi connectivity index (χ2v) is 8.21. The minimum absolute atomic E-state index is 0.400. The van der Waals surface area contributed by atoms with E-state index in [4.69, 9.17) is 13.3 Å². The molecule has 1 aromatic carbocycles. The first-order valence-electron chi connectivity index (χ1n) is 5.11. The average molecular weight is 291 g/mol. The van der Waals surface area contributed by atoms with Gasteiger partial charge in [0.2, 0.25) is 10.0 Å². The molecule has 0 aliphatic heterocycles. The maximum Gasteiger partial charge on any atom is 0.538 e. The maximum absolute atomic E-state index is 11.3. The number of anilines is 1. The molecule has 6 nitrogen and oxygen atoms in total. The third kappa shape index (κ3) is 3.30. The fourth-order valence-corrected chi connectivity index (χ4v) is 4.22. The van der Waals surface area contributed by atoms with Gasteiger partial charge in [0.05, 0.1) is 11.9 Å². The van der Waals surface area contributed by atoms with Gasteiger partial charge < -0.3 is 13.3 Å². The summed E-state index contributed by atoms with van der Waals surface area (Å²) >= 11 is 0. The zero-order chi connectivity index (χ0) is 13.8. The standard InChI is InChI=1S/C10H17NO5SSi/c1-14-18(15-2,16-3)10-8-6-5-7-9(10)11-17(4,12)13/h5-8,11H,1-4H3. The minimum Gasteiger partial charge on any atom is -0.373 e. The smallest absolute Gasteiger partial charge is 0.373 e. The zero-order valence-corrected chi connectivity index (χ0v) is 12.6. The van der Waals surface area contributed by atoms with Crippen LogP contribution in [0.4, 0.5) is 5.69 Å². The van der Waals surface area contributed by atoms with E-state index in [0.717, 1.165) is 6.26 Å². The molecule has 0 atom stereocenters. The third-order valence-electron chi connectivity index (χ3n) is 2.36. The van der Waals surface area contributed by atoms with Crippen molar-refractivity contribution in [2.24, 2.45) is 0 Å². The Morgan fingerprint density at radius 2 is 1.56 bits per heavy atom. The monoisotopic (exact) mass is 291 g/mol. The van der Waals surface area contributed by atoms with Crippen molar-refractivity contribution in [2.45, 2.75) is 0 Å². The van der Waals surface area contributed by atoms with Crippen LogP contribution < -0.4 is 9.91 Å². The van der Waals surface area contributed by atoms with E-state index in [-0.39, 0.29) is 0 Å². The molecule has 18 heavy (non-hydrogen) atoms. The number of hydrogen-bond acceptors (Lipinski definition) is 5. The Balaban J connectivity index is 3.31. The van der Waals surface area contributed by atoms with Crippen molar-refractivity contribution in [2.75, 3.05) is 32.3 Å². The van der Waals surface area contributed by atoms with Crippen molar-refractivity contribution in [1.82, 2.24) is 0 Å². The highest BCUT2D eigenvalue weighted by Crippen LogP contribution is 2.15. The van der Waals surface area contributed by atoms with Crippen LogP contribution >= 0.6 is 0 Å². The SMILES string of the molecule is CO[Si](OC)(OC)c1ccccc1NS(C)(=O)=O. The van der Waals surface area contributed by atoms with Gasteiger partial charge in [-0.2, -0.15) is 0 Å². The van der Waals surface area contributed by atoms with Gasteiger partial charge in [-0.25, -0.2) is 8.42 Å². The molecule has 0 saturated carbocycles. The molecule has 0 saturated heterocycles. The molecule has 8 heteroatoms. The number of sulfonamides is 1. The van der Waals surface area contributed by atoms with Crippen LogP contribution in [0.5, 0.6) is 0 Å². The number of rotatable bonds is 6. The van der Waals surface area contributed by atoms with Crippen molar-refractivity contribution < 1.29 is 21.7 Å². The van der Waals surface area contributed by atoms with Gasteiger partial charge in [-0.05, 0) is 6.07 Å². The van der Waals surface area contributed by atoms with Crippen molar-refractivity contribution in [3.63, 3.8) is 0 Å². The molecule has 0 heterocycles. The van der Waals surface area contributed by atoms with Gasteiger partial charge in [0, 0.05) is 26.5 Å². The van der Waals surface area contributed by atoms with Crippen molar-refractivity contribution in [3.8, 4) is 0 Å². The number of nitrogens with one attached hydrogen (secondary N) is 1. The quantitative estimate of drug-likeness (QED) is 0.755.